The Hall–Kier alpha value is -4.47. The van der Waals surface area contributed by atoms with Crippen LogP contribution in [0.25, 0.3) is 11.1 Å². The molecule has 0 saturated heterocycles. The predicted octanol–water partition coefficient (Wildman–Crippen LogP) is 4.21. The molecule has 0 aliphatic heterocycles. The average Bonchev–Trinajstić information content (AvgIpc) is 3.13. The van der Waals surface area contributed by atoms with Crippen LogP contribution < -0.4 is 10.5 Å². The average molecular weight is 449 g/mol. The zero-order valence-electron chi connectivity index (χ0n) is 17.4. The molecule has 0 N–H and O–H groups in total. The number of nitro groups is 1. The van der Waals surface area contributed by atoms with E-state index in [0.29, 0.717) is 29.0 Å². The van der Waals surface area contributed by atoms with E-state index in [1.165, 1.54) is 22.8 Å². The minimum atomic E-state index is -0.639. The Morgan fingerprint density at radius 2 is 2.00 bits per heavy atom. The maximum atomic E-state index is 12.2. The van der Waals surface area contributed by atoms with E-state index >= 15 is 0 Å². The number of oxazole rings is 1. The van der Waals surface area contributed by atoms with Gasteiger partial charge in [-0.1, -0.05) is 18.2 Å². The SMILES string of the molecule is O=C(CCCn1c(=O)oc2cc([N+](=O)[O-])ccc21)OCc1ccccc1Oc1cccnc1. The largest absolute Gasteiger partial charge is 0.461 e. The van der Waals surface area contributed by atoms with Crippen LogP contribution in [0.3, 0.4) is 0 Å². The fourth-order valence-electron chi connectivity index (χ4n) is 3.25. The third-order valence-corrected chi connectivity index (χ3v) is 4.85. The van der Waals surface area contributed by atoms with E-state index in [9.17, 15) is 19.7 Å². The summed E-state index contributed by atoms with van der Waals surface area (Å²) in [6.45, 7) is 0.243. The second kappa shape index (κ2) is 9.77. The van der Waals surface area contributed by atoms with Gasteiger partial charge in [-0.3, -0.25) is 24.5 Å². The van der Waals surface area contributed by atoms with Gasteiger partial charge in [0.25, 0.3) is 5.69 Å². The highest BCUT2D eigenvalue weighted by Gasteiger charge is 2.15. The van der Waals surface area contributed by atoms with Gasteiger partial charge in [-0.25, -0.2) is 4.79 Å². The van der Waals surface area contributed by atoms with Crippen molar-refractivity contribution < 1.29 is 23.6 Å². The molecule has 0 fully saturated rings. The summed E-state index contributed by atoms with van der Waals surface area (Å²) >= 11 is 0. The molecule has 0 amide bonds. The summed E-state index contributed by atoms with van der Waals surface area (Å²) in [6, 6.07) is 14.7. The molecule has 10 nitrogen and oxygen atoms in total. The maximum absolute atomic E-state index is 12.2. The van der Waals surface area contributed by atoms with Crippen molar-refractivity contribution in [1.82, 2.24) is 9.55 Å². The summed E-state index contributed by atoms with van der Waals surface area (Å²) in [7, 11) is 0. The summed E-state index contributed by atoms with van der Waals surface area (Å²) < 4.78 is 17.6. The minimum Gasteiger partial charge on any atom is -0.461 e. The number of nitrogens with zero attached hydrogens (tertiary/aromatic N) is 3. The fourth-order valence-corrected chi connectivity index (χ4v) is 3.25. The summed E-state index contributed by atoms with van der Waals surface area (Å²) in [5, 5.41) is 10.9. The number of aryl methyl sites for hydroxylation is 1. The van der Waals surface area contributed by atoms with Crippen molar-refractivity contribution in [3.05, 3.63) is 93.2 Å². The second-order valence-corrected chi connectivity index (χ2v) is 7.09. The van der Waals surface area contributed by atoms with Gasteiger partial charge < -0.3 is 13.9 Å². The number of ether oxygens (including phenoxy) is 2. The number of non-ortho nitro benzene ring substituents is 1. The topological polar surface area (TPSA) is 127 Å². The third-order valence-electron chi connectivity index (χ3n) is 4.85. The number of hydrogen-bond acceptors (Lipinski definition) is 8. The molecule has 0 unspecified atom stereocenters. The van der Waals surface area contributed by atoms with Crippen LogP contribution in [0.2, 0.25) is 0 Å². The van der Waals surface area contributed by atoms with Gasteiger partial charge in [0.1, 0.15) is 18.1 Å². The minimum absolute atomic E-state index is 0.0352. The molecule has 4 aromatic rings. The summed E-state index contributed by atoms with van der Waals surface area (Å²) in [4.78, 5) is 38.6. The van der Waals surface area contributed by atoms with Gasteiger partial charge in [-0.15, -0.1) is 0 Å². The number of esters is 1. The van der Waals surface area contributed by atoms with Gasteiger partial charge in [0.2, 0.25) is 0 Å². The Morgan fingerprint density at radius 3 is 2.79 bits per heavy atom. The molecule has 0 aliphatic rings. The smallest absolute Gasteiger partial charge is 0.419 e. The summed E-state index contributed by atoms with van der Waals surface area (Å²) in [5.74, 6) is 0.0613. The summed E-state index contributed by atoms with van der Waals surface area (Å²) in [5.41, 5.74) is 1.09. The number of carbonyl (C=O) groups is 1. The lowest BCUT2D eigenvalue weighted by atomic mass is 10.2. The van der Waals surface area contributed by atoms with Crippen molar-refractivity contribution in [3.8, 4) is 11.5 Å². The highest BCUT2D eigenvalue weighted by atomic mass is 16.6. The normalized spacial score (nSPS) is 10.8. The molecule has 4 rings (SSSR count). The second-order valence-electron chi connectivity index (χ2n) is 7.09. The Balaban J connectivity index is 1.33. The number of benzene rings is 2. The molecular weight excluding hydrogens is 430 g/mol. The lowest BCUT2D eigenvalue weighted by Crippen LogP contribution is -2.15. The predicted molar refractivity (Wildman–Crippen MR) is 117 cm³/mol. The zero-order valence-corrected chi connectivity index (χ0v) is 17.4. The summed E-state index contributed by atoms with van der Waals surface area (Å²) in [6.07, 6.45) is 3.64. The van der Waals surface area contributed by atoms with Crippen LogP contribution in [0, 0.1) is 10.1 Å². The van der Waals surface area contributed by atoms with Gasteiger partial charge in [0.15, 0.2) is 5.58 Å². The van der Waals surface area contributed by atoms with Crippen LogP contribution in [0.5, 0.6) is 11.5 Å². The van der Waals surface area contributed by atoms with E-state index in [-0.39, 0.29) is 30.8 Å². The number of fused-ring (bicyclic) bond motifs is 1. The molecule has 168 valence electrons. The van der Waals surface area contributed by atoms with Crippen LogP contribution in [-0.2, 0) is 22.7 Å². The van der Waals surface area contributed by atoms with Crippen molar-refractivity contribution in [2.45, 2.75) is 26.0 Å². The van der Waals surface area contributed by atoms with Gasteiger partial charge >= 0.3 is 11.7 Å². The molecule has 33 heavy (non-hydrogen) atoms. The third kappa shape index (κ3) is 5.24. The molecule has 2 heterocycles. The van der Waals surface area contributed by atoms with Gasteiger partial charge in [0, 0.05) is 30.8 Å². The lowest BCUT2D eigenvalue weighted by Gasteiger charge is -2.11. The van der Waals surface area contributed by atoms with E-state index in [2.05, 4.69) is 4.98 Å². The monoisotopic (exact) mass is 449 g/mol. The van der Waals surface area contributed by atoms with Crippen LogP contribution in [-0.4, -0.2) is 20.4 Å². The first-order chi connectivity index (χ1) is 16.0. The van der Waals surface area contributed by atoms with Gasteiger partial charge in [0.05, 0.1) is 22.7 Å². The number of carbonyl (C=O) groups excluding carboxylic acids is 1. The van der Waals surface area contributed by atoms with Crippen molar-refractivity contribution in [2.24, 2.45) is 0 Å². The zero-order chi connectivity index (χ0) is 23.2. The molecule has 2 aromatic heterocycles. The molecular formula is C23H19N3O7. The van der Waals surface area contributed by atoms with Crippen molar-refractivity contribution in [2.75, 3.05) is 0 Å². The fraction of sp³-hybridized carbons (Fsp3) is 0.174. The van der Waals surface area contributed by atoms with E-state index in [4.69, 9.17) is 13.9 Å². The van der Waals surface area contributed by atoms with Crippen LogP contribution in [0.4, 0.5) is 5.69 Å². The number of nitro benzene ring substituents is 1. The first-order valence-electron chi connectivity index (χ1n) is 10.1. The molecule has 0 bridgehead atoms. The number of rotatable bonds is 9. The standard InChI is InChI=1S/C23H19N3O7/c27-22(31-15-16-5-1-2-7-20(16)32-18-6-3-11-24-14-18)8-4-12-25-19-10-9-17(26(29)30)13-21(19)33-23(25)28/h1-3,5-7,9-11,13-14H,4,8,12,15H2. The van der Waals surface area contributed by atoms with E-state index < -0.39 is 16.6 Å². The molecule has 2 aromatic carbocycles. The number of hydrogen-bond donors (Lipinski definition) is 0. The van der Waals surface area contributed by atoms with E-state index in [1.54, 1.807) is 36.7 Å². The van der Waals surface area contributed by atoms with Crippen molar-refractivity contribution in [3.63, 3.8) is 0 Å². The van der Waals surface area contributed by atoms with Crippen molar-refractivity contribution >= 4 is 22.8 Å². The van der Waals surface area contributed by atoms with Gasteiger partial charge in [-0.2, -0.15) is 0 Å². The molecule has 0 spiro atoms. The number of pyridine rings is 1. The van der Waals surface area contributed by atoms with Crippen LogP contribution in [0.15, 0.2) is 76.2 Å². The van der Waals surface area contributed by atoms with Gasteiger partial charge in [-0.05, 0) is 30.7 Å². The molecule has 10 heteroatoms. The van der Waals surface area contributed by atoms with E-state index in [1.807, 2.05) is 12.1 Å². The Bertz CT molecular complexity index is 1350. The van der Waals surface area contributed by atoms with Crippen LogP contribution in [0.1, 0.15) is 18.4 Å². The first-order valence-corrected chi connectivity index (χ1v) is 10.1. The highest BCUT2D eigenvalue weighted by Crippen LogP contribution is 2.25. The Kier molecular flexibility index (Phi) is 6.44. The first kappa shape index (κ1) is 21.8. The highest BCUT2D eigenvalue weighted by molar-refractivity contribution is 5.75. The van der Waals surface area contributed by atoms with Crippen LogP contribution >= 0.6 is 0 Å². The molecule has 0 atom stereocenters. The van der Waals surface area contributed by atoms with Crippen molar-refractivity contribution in [1.29, 1.82) is 0 Å². The quantitative estimate of drug-likeness (QED) is 0.211. The number of para-hydroxylation sites is 1. The van der Waals surface area contributed by atoms with E-state index in [0.717, 1.165) is 0 Å². The Labute approximate surface area is 187 Å². The maximum Gasteiger partial charge on any atom is 0.419 e. The molecule has 0 aliphatic carbocycles. The molecule has 0 radical (unpaired) electrons. The molecule has 0 saturated carbocycles. The Morgan fingerprint density at radius 1 is 1.15 bits per heavy atom. The lowest BCUT2D eigenvalue weighted by molar-refractivity contribution is -0.384. The number of aromatic nitrogens is 2.